The minimum atomic E-state index is -1.79. The summed E-state index contributed by atoms with van der Waals surface area (Å²) in [6, 6.07) is 12.3. The summed E-state index contributed by atoms with van der Waals surface area (Å²) in [5, 5.41) is 2.46. The van der Waals surface area contributed by atoms with Gasteiger partial charge in [-0.1, -0.05) is 48.6 Å². The van der Waals surface area contributed by atoms with E-state index in [1.54, 1.807) is 6.92 Å². The summed E-state index contributed by atoms with van der Waals surface area (Å²) in [6.45, 7) is 6.16. The molecular weight excluding hydrogens is 226 g/mol. The van der Waals surface area contributed by atoms with Gasteiger partial charge in [-0.25, -0.2) is 0 Å². The molecular formula is C14H17NOSi. The number of nitrogens with one attached hydrogen (secondary N) is 1. The second-order valence-electron chi connectivity index (χ2n) is 4.81. The molecule has 0 aliphatic carbocycles. The fourth-order valence-corrected chi connectivity index (χ4v) is 4.87. The number of ketones is 1. The summed E-state index contributed by atoms with van der Waals surface area (Å²) in [4.78, 5) is 14.9. The highest BCUT2D eigenvalue weighted by atomic mass is 28.3. The monoisotopic (exact) mass is 243 g/mol. The van der Waals surface area contributed by atoms with Crippen molar-refractivity contribution >= 4 is 24.4 Å². The number of Topliss-reactive ketones (excluding diaryl/α,β-unsaturated/α-hetero) is 1. The number of benzene rings is 1. The van der Waals surface area contributed by atoms with Crippen LogP contribution < -0.4 is 10.5 Å². The molecule has 1 N–H and O–H groups in total. The number of aromatic nitrogens is 1. The van der Waals surface area contributed by atoms with E-state index < -0.39 is 8.07 Å². The zero-order valence-electron chi connectivity index (χ0n) is 10.4. The Labute approximate surface area is 103 Å². The maximum absolute atomic E-state index is 11.6. The molecule has 2 aromatic rings. The zero-order valence-corrected chi connectivity index (χ0v) is 11.4. The lowest BCUT2D eigenvalue weighted by molar-refractivity contribution is 0.101. The van der Waals surface area contributed by atoms with E-state index in [1.165, 1.54) is 5.19 Å². The zero-order chi connectivity index (χ0) is 12.5. The molecule has 1 heterocycles. The summed E-state index contributed by atoms with van der Waals surface area (Å²) in [7, 11) is -1.79. The maximum Gasteiger partial charge on any atom is 0.161 e. The quantitative estimate of drug-likeness (QED) is 0.649. The number of hydrogen-bond acceptors (Lipinski definition) is 1. The summed E-state index contributed by atoms with van der Waals surface area (Å²) in [6.07, 6.45) is 1.86. The van der Waals surface area contributed by atoms with Gasteiger partial charge in [-0.3, -0.25) is 4.79 Å². The first-order valence-corrected chi connectivity index (χ1v) is 8.78. The molecule has 0 spiro atoms. The average molecular weight is 243 g/mol. The van der Waals surface area contributed by atoms with Gasteiger partial charge in [0.15, 0.2) is 5.78 Å². The number of H-pyrrole nitrogens is 1. The van der Waals surface area contributed by atoms with Crippen LogP contribution >= 0.6 is 0 Å². The first-order chi connectivity index (χ1) is 8.03. The van der Waals surface area contributed by atoms with Crippen molar-refractivity contribution in [1.82, 2.24) is 4.98 Å². The van der Waals surface area contributed by atoms with E-state index in [0.717, 1.165) is 10.9 Å². The van der Waals surface area contributed by atoms with Gasteiger partial charge < -0.3 is 4.98 Å². The third-order valence-electron chi connectivity index (χ3n) is 3.25. The first kappa shape index (κ1) is 11.9. The highest BCUT2D eigenvalue weighted by Gasteiger charge is 2.30. The molecule has 1 aromatic carbocycles. The molecule has 0 aliphatic heterocycles. The van der Waals surface area contributed by atoms with Crippen molar-refractivity contribution in [2.24, 2.45) is 0 Å². The van der Waals surface area contributed by atoms with Gasteiger partial charge in [-0.05, 0) is 13.0 Å². The Morgan fingerprint density at radius 3 is 2.35 bits per heavy atom. The van der Waals surface area contributed by atoms with E-state index in [4.69, 9.17) is 0 Å². The van der Waals surface area contributed by atoms with E-state index in [9.17, 15) is 4.79 Å². The van der Waals surface area contributed by atoms with Crippen molar-refractivity contribution in [1.29, 1.82) is 0 Å². The van der Waals surface area contributed by atoms with Crippen LogP contribution in [0.1, 0.15) is 17.3 Å². The van der Waals surface area contributed by atoms with Crippen molar-refractivity contribution in [3.05, 3.63) is 48.2 Å². The molecule has 0 saturated heterocycles. The van der Waals surface area contributed by atoms with E-state index in [0.29, 0.717) is 0 Å². The summed E-state index contributed by atoms with van der Waals surface area (Å²) < 4.78 is 0. The van der Waals surface area contributed by atoms with Gasteiger partial charge in [0.2, 0.25) is 0 Å². The van der Waals surface area contributed by atoms with E-state index >= 15 is 0 Å². The van der Waals surface area contributed by atoms with Crippen molar-refractivity contribution in [3.63, 3.8) is 0 Å². The summed E-state index contributed by atoms with van der Waals surface area (Å²) >= 11 is 0. The third kappa shape index (κ3) is 2.10. The first-order valence-electron chi connectivity index (χ1n) is 5.78. The summed E-state index contributed by atoms with van der Waals surface area (Å²) in [5.74, 6) is 0.137. The van der Waals surface area contributed by atoms with Gasteiger partial charge in [-0.2, -0.15) is 0 Å². The molecule has 3 heteroatoms. The van der Waals surface area contributed by atoms with Crippen molar-refractivity contribution in [2.45, 2.75) is 20.0 Å². The van der Waals surface area contributed by atoms with E-state index in [-0.39, 0.29) is 5.78 Å². The molecule has 17 heavy (non-hydrogen) atoms. The van der Waals surface area contributed by atoms with Gasteiger partial charge in [-0.15, -0.1) is 0 Å². The molecule has 0 saturated carbocycles. The second kappa shape index (κ2) is 4.34. The Morgan fingerprint density at radius 1 is 1.12 bits per heavy atom. The van der Waals surface area contributed by atoms with Crippen LogP contribution in [0, 0.1) is 0 Å². The molecule has 88 valence electrons. The van der Waals surface area contributed by atoms with Crippen LogP contribution in [0.2, 0.25) is 13.1 Å². The topological polar surface area (TPSA) is 32.9 Å². The molecule has 0 radical (unpaired) electrons. The predicted octanol–water partition coefficient (Wildman–Crippen LogP) is 2.04. The molecule has 2 nitrogen and oxygen atoms in total. The SMILES string of the molecule is CC(=O)c1cc[nH]c1[Si](C)(C)c1ccccc1. The molecule has 0 amide bonds. The lowest BCUT2D eigenvalue weighted by Gasteiger charge is -2.23. The van der Waals surface area contributed by atoms with Crippen LogP contribution in [0.25, 0.3) is 0 Å². The number of carbonyl (C=O) groups is 1. The van der Waals surface area contributed by atoms with Crippen molar-refractivity contribution in [2.75, 3.05) is 0 Å². The minimum absolute atomic E-state index is 0.137. The molecule has 0 fully saturated rings. The van der Waals surface area contributed by atoms with Gasteiger partial charge in [0.25, 0.3) is 0 Å². The molecule has 0 unspecified atom stereocenters. The Kier molecular flexibility index (Phi) is 3.02. The Bertz CT molecular complexity index is 528. The number of aromatic amines is 1. The van der Waals surface area contributed by atoms with Crippen molar-refractivity contribution in [3.8, 4) is 0 Å². The lowest BCUT2D eigenvalue weighted by Crippen LogP contribution is -2.55. The van der Waals surface area contributed by atoms with Crippen LogP contribution in [-0.4, -0.2) is 18.8 Å². The van der Waals surface area contributed by atoms with E-state index in [1.807, 2.05) is 18.3 Å². The molecule has 2 rings (SSSR count). The smallest absolute Gasteiger partial charge is 0.161 e. The Balaban J connectivity index is 2.52. The molecule has 0 atom stereocenters. The fourth-order valence-electron chi connectivity index (χ4n) is 2.18. The van der Waals surface area contributed by atoms with Gasteiger partial charge in [0.05, 0.1) is 0 Å². The van der Waals surface area contributed by atoms with Crippen molar-refractivity contribution < 1.29 is 4.79 Å². The number of carbonyl (C=O) groups excluding carboxylic acids is 1. The maximum atomic E-state index is 11.6. The standard InChI is InChI=1S/C14H17NOSi/c1-11(16)13-9-10-15-14(13)17(2,3)12-7-5-4-6-8-12/h4-10,15H,1-3H3. The highest BCUT2D eigenvalue weighted by Crippen LogP contribution is 2.08. The van der Waals surface area contributed by atoms with Crippen LogP contribution in [0.4, 0.5) is 0 Å². The number of hydrogen-bond donors (Lipinski definition) is 1. The van der Waals surface area contributed by atoms with Gasteiger partial charge >= 0.3 is 0 Å². The Hall–Kier alpha value is -1.61. The third-order valence-corrected chi connectivity index (χ3v) is 6.69. The largest absolute Gasteiger partial charge is 0.368 e. The summed E-state index contributed by atoms with van der Waals surface area (Å²) in [5.41, 5.74) is 0.838. The lowest BCUT2D eigenvalue weighted by atomic mass is 10.2. The Morgan fingerprint density at radius 2 is 1.76 bits per heavy atom. The van der Waals surface area contributed by atoms with Crippen LogP contribution in [0.5, 0.6) is 0 Å². The second-order valence-corrected chi connectivity index (χ2v) is 9.14. The van der Waals surface area contributed by atoms with Crippen LogP contribution in [-0.2, 0) is 0 Å². The average Bonchev–Trinajstić information content (AvgIpc) is 2.80. The molecule has 0 bridgehead atoms. The number of rotatable bonds is 3. The van der Waals surface area contributed by atoms with Crippen LogP contribution in [0.15, 0.2) is 42.6 Å². The highest BCUT2D eigenvalue weighted by molar-refractivity contribution is 7.00. The van der Waals surface area contributed by atoms with Gasteiger partial charge in [0.1, 0.15) is 8.07 Å². The molecule has 1 aromatic heterocycles. The minimum Gasteiger partial charge on any atom is -0.368 e. The fraction of sp³-hybridized carbons (Fsp3) is 0.214. The van der Waals surface area contributed by atoms with Crippen LogP contribution in [0.3, 0.4) is 0 Å². The predicted molar refractivity (Wildman–Crippen MR) is 74.0 cm³/mol. The van der Waals surface area contributed by atoms with E-state index in [2.05, 4.69) is 42.3 Å². The normalized spacial score (nSPS) is 11.5. The van der Waals surface area contributed by atoms with Gasteiger partial charge in [0, 0.05) is 17.1 Å². The molecule has 0 aliphatic rings.